The van der Waals surface area contributed by atoms with Crippen molar-refractivity contribution in [3.63, 3.8) is 0 Å². The second-order valence-corrected chi connectivity index (χ2v) is 3.70. The van der Waals surface area contributed by atoms with Gasteiger partial charge in [0.25, 0.3) is 0 Å². The van der Waals surface area contributed by atoms with Gasteiger partial charge in [-0.3, -0.25) is 4.90 Å². The van der Waals surface area contributed by atoms with Crippen molar-refractivity contribution in [1.29, 1.82) is 0 Å². The molecule has 0 aromatic rings. The number of amides is 1. The van der Waals surface area contributed by atoms with Crippen molar-refractivity contribution < 1.29 is 19.8 Å². The molecule has 1 rings (SSSR count). The minimum absolute atomic E-state index is 0.109. The zero-order valence-corrected chi connectivity index (χ0v) is 7.99. The summed E-state index contributed by atoms with van der Waals surface area (Å²) in [6.45, 7) is 5.21. The number of carboxylic acid groups (broad SMARTS) is 2. The topological polar surface area (TPSA) is 77.8 Å². The first-order valence-corrected chi connectivity index (χ1v) is 4.28. The van der Waals surface area contributed by atoms with Gasteiger partial charge in [0, 0.05) is 6.54 Å². The molecule has 0 radical (unpaired) electrons. The van der Waals surface area contributed by atoms with Crippen LogP contribution >= 0.6 is 0 Å². The highest BCUT2D eigenvalue weighted by molar-refractivity contribution is 5.84. The SMILES string of the molecule is C=C1CC[C@@](C)(C(=O)O)N(C(=O)O)C1. The zero-order chi connectivity index (χ0) is 10.9. The number of hydrogen-bond donors (Lipinski definition) is 2. The fourth-order valence-electron chi connectivity index (χ4n) is 1.53. The first kappa shape index (κ1) is 10.6. The van der Waals surface area contributed by atoms with Gasteiger partial charge in [-0.2, -0.15) is 0 Å². The van der Waals surface area contributed by atoms with Gasteiger partial charge in [0.2, 0.25) is 0 Å². The molecule has 2 N–H and O–H groups in total. The summed E-state index contributed by atoms with van der Waals surface area (Å²) < 4.78 is 0. The first-order valence-electron chi connectivity index (χ1n) is 4.28. The third kappa shape index (κ3) is 1.57. The Morgan fingerprint density at radius 3 is 2.50 bits per heavy atom. The molecule has 0 spiro atoms. The quantitative estimate of drug-likeness (QED) is 0.621. The summed E-state index contributed by atoms with van der Waals surface area (Å²) >= 11 is 0. The lowest BCUT2D eigenvalue weighted by atomic mass is 9.87. The Balaban J connectivity index is 2.98. The van der Waals surface area contributed by atoms with Gasteiger partial charge < -0.3 is 10.2 Å². The van der Waals surface area contributed by atoms with E-state index in [4.69, 9.17) is 10.2 Å². The van der Waals surface area contributed by atoms with Gasteiger partial charge in [0.1, 0.15) is 5.54 Å². The molecule has 0 aromatic carbocycles. The van der Waals surface area contributed by atoms with Crippen LogP contribution in [0.2, 0.25) is 0 Å². The van der Waals surface area contributed by atoms with Crippen LogP contribution in [0.5, 0.6) is 0 Å². The van der Waals surface area contributed by atoms with Gasteiger partial charge in [-0.1, -0.05) is 12.2 Å². The molecule has 78 valence electrons. The monoisotopic (exact) mass is 199 g/mol. The van der Waals surface area contributed by atoms with E-state index in [0.717, 1.165) is 10.5 Å². The van der Waals surface area contributed by atoms with Crippen molar-refractivity contribution in [2.45, 2.75) is 25.3 Å². The van der Waals surface area contributed by atoms with Crippen LogP contribution in [-0.2, 0) is 4.79 Å². The maximum Gasteiger partial charge on any atom is 0.408 e. The van der Waals surface area contributed by atoms with Crippen LogP contribution in [0.1, 0.15) is 19.8 Å². The largest absolute Gasteiger partial charge is 0.480 e. The number of aliphatic carboxylic acids is 1. The molecule has 1 amide bonds. The molecule has 1 saturated heterocycles. The average Bonchev–Trinajstić information content (AvgIpc) is 2.08. The van der Waals surface area contributed by atoms with E-state index in [2.05, 4.69) is 6.58 Å². The summed E-state index contributed by atoms with van der Waals surface area (Å²) in [6.07, 6.45) is -0.365. The number of rotatable bonds is 1. The fraction of sp³-hybridized carbons (Fsp3) is 0.556. The first-order chi connectivity index (χ1) is 6.38. The van der Waals surface area contributed by atoms with Gasteiger partial charge in [-0.25, -0.2) is 9.59 Å². The molecule has 1 aliphatic heterocycles. The summed E-state index contributed by atoms with van der Waals surface area (Å²) in [5, 5.41) is 17.8. The predicted molar refractivity (Wildman–Crippen MR) is 49.1 cm³/mol. The number of hydrogen-bond acceptors (Lipinski definition) is 2. The summed E-state index contributed by atoms with van der Waals surface area (Å²) in [4.78, 5) is 22.7. The Labute approximate surface area is 81.6 Å². The standard InChI is InChI=1S/C9H13NO4/c1-6-3-4-9(2,7(11)12)10(5-6)8(13)14/h1,3-5H2,2H3,(H,11,12)(H,13,14)/t9-/m0/s1. The molecule has 1 aliphatic rings. The normalized spacial score (nSPS) is 27.5. The fourth-order valence-corrected chi connectivity index (χ4v) is 1.53. The van der Waals surface area contributed by atoms with Crippen molar-refractivity contribution in [2.24, 2.45) is 0 Å². The van der Waals surface area contributed by atoms with Crippen molar-refractivity contribution in [1.82, 2.24) is 4.90 Å². The van der Waals surface area contributed by atoms with Crippen LogP contribution in [0.4, 0.5) is 4.79 Å². The van der Waals surface area contributed by atoms with Crippen LogP contribution in [0.15, 0.2) is 12.2 Å². The number of likely N-dealkylation sites (tertiary alicyclic amines) is 1. The van der Waals surface area contributed by atoms with Gasteiger partial charge in [0.05, 0.1) is 0 Å². The Morgan fingerprint density at radius 1 is 1.50 bits per heavy atom. The lowest BCUT2D eigenvalue weighted by Gasteiger charge is -2.40. The summed E-state index contributed by atoms with van der Waals surface area (Å²) in [7, 11) is 0. The number of carboxylic acids is 1. The second kappa shape index (κ2) is 3.32. The summed E-state index contributed by atoms with van der Waals surface area (Å²) in [6, 6.07) is 0. The molecule has 1 atom stereocenters. The average molecular weight is 199 g/mol. The second-order valence-electron chi connectivity index (χ2n) is 3.70. The van der Waals surface area contributed by atoms with Crippen LogP contribution in [0.3, 0.4) is 0 Å². The predicted octanol–water partition coefficient (Wildman–Crippen LogP) is 1.16. The van der Waals surface area contributed by atoms with E-state index < -0.39 is 17.6 Å². The molecule has 0 aromatic heterocycles. The van der Waals surface area contributed by atoms with Crippen molar-refractivity contribution in [3.8, 4) is 0 Å². The van der Waals surface area contributed by atoms with Crippen molar-refractivity contribution >= 4 is 12.1 Å². The van der Waals surface area contributed by atoms with Crippen molar-refractivity contribution in [3.05, 3.63) is 12.2 Å². The van der Waals surface area contributed by atoms with E-state index >= 15 is 0 Å². The zero-order valence-electron chi connectivity index (χ0n) is 7.99. The Hall–Kier alpha value is -1.52. The third-order valence-electron chi connectivity index (χ3n) is 2.63. The van der Waals surface area contributed by atoms with E-state index in [0.29, 0.717) is 6.42 Å². The lowest BCUT2D eigenvalue weighted by molar-refractivity contribution is -0.150. The molecule has 0 saturated carbocycles. The van der Waals surface area contributed by atoms with Crippen LogP contribution < -0.4 is 0 Å². The minimum atomic E-state index is -1.31. The van der Waals surface area contributed by atoms with E-state index in [-0.39, 0.29) is 13.0 Å². The molecule has 5 heteroatoms. The van der Waals surface area contributed by atoms with Crippen LogP contribution in [0.25, 0.3) is 0 Å². The lowest BCUT2D eigenvalue weighted by Crippen LogP contribution is -2.57. The highest BCUT2D eigenvalue weighted by atomic mass is 16.4. The molecule has 0 unspecified atom stereocenters. The maximum absolute atomic E-state index is 11.0. The smallest absolute Gasteiger partial charge is 0.408 e. The molecule has 1 fully saturated rings. The maximum atomic E-state index is 11.0. The summed E-state index contributed by atoms with van der Waals surface area (Å²) in [5.74, 6) is -1.10. The van der Waals surface area contributed by atoms with E-state index in [1.165, 1.54) is 6.92 Å². The molecule has 1 heterocycles. The Kier molecular flexibility index (Phi) is 2.51. The van der Waals surface area contributed by atoms with E-state index in [1.54, 1.807) is 0 Å². The molecule has 0 bridgehead atoms. The van der Waals surface area contributed by atoms with Gasteiger partial charge >= 0.3 is 12.1 Å². The van der Waals surface area contributed by atoms with Crippen molar-refractivity contribution in [2.75, 3.05) is 6.54 Å². The van der Waals surface area contributed by atoms with E-state index in [1.807, 2.05) is 0 Å². The third-order valence-corrected chi connectivity index (χ3v) is 2.63. The highest BCUT2D eigenvalue weighted by Crippen LogP contribution is 2.30. The van der Waals surface area contributed by atoms with Crippen LogP contribution in [0, 0.1) is 0 Å². The minimum Gasteiger partial charge on any atom is -0.480 e. The number of nitrogens with zero attached hydrogens (tertiary/aromatic N) is 1. The molecule has 5 nitrogen and oxygen atoms in total. The van der Waals surface area contributed by atoms with Gasteiger partial charge in [-0.05, 0) is 19.8 Å². The summed E-state index contributed by atoms with van der Waals surface area (Å²) in [5.41, 5.74) is -0.557. The Morgan fingerprint density at radius 2 is 2.07 bits per heavy atom. The van der Waals surface area contributed by atoms with Gasteiger partial charge in [0.15, 0.2) is 0 Å². The number of piperidine rings is 1. The molecular weight excluding hydrogens is 186 g/mol. The molecule has 0 aliphatic carbocycles. The number of carbonyl (C=O) groups is 2. The van der Waals surface area contributed by atoms with Gasteiger partial charge in [-0.15, -0.1) is 0 Å². The highest BCUT2D eigenvalue weighted by Gasteiger charge is 2.44. The molecule has 14 heavy (non-hydrogen) atoms. The van der Waals surface area contributed by atoms with E-state index in [9.17, 15) is 9.59 Å². The van der Waals surface area contributed by atoms with Crippen LogP contribution in [-0.4, -0.2) is 39.3 Å². The Bertz CT molecular complexity index is 299. The molecular formula is C9H13NO4.